The average molecular weight is 391 g/mol. The summed E-state index contributed by atoms with van der Waals surface area (Å²) in [6.07, 6.45) is -1.56. The summed E-state index contributed by atoms with van der Waals surface area (Å²) in [4.78, 5) is 11.8. The second-order valence-corrected chi connectivity index (χ2v) is 6.99. The van der Waals surface area contributed by atoms with Gasteiger partial charge in [-0.05, 0) is 49.4 Å². The molecule has 146 valence electrons. The summed E-state index contributed by atoms with van der Waals surface area (Å²) >= 11 is 0. The van der Waals surface area contributed by atoms with Gasteiger partial charge in [0.05, 0.1) is 23.2 Å². The molecule has 0 saturated heterocycles. The maximum Gasteiger partial charge on any atom is 0.416 e. The van der Waals surface area contributed by atoms with Crippen LogP contribution >= 0.6 is 0 Å². The zero-order valence-corrected chi connectivity index (χ0v) is 14.8. The van der Waals surface area contributed by atoms with E-state index in [1.54, 1.807) is 16.7 Å². The molecule has 1 heterocycles. The third kappa shape index (κ3) is 2.95. The van der Waals surface area contributed by atoms with Crippen molar-refractivity contribution in [2.75, 3.05) is 0 Å². The number of para-hydroxylation sites is 1. The summed E-state index contributed by atoms with van der Waals surface area (Å²) in [5.74, 6) is -2.11. The van der Waals surface area contributed by atoms with Gasteiger partial charge in [-0.3, -0.25) is 0 Å². The lowest BCUT2D eigenvalue weighted by atomic mass is 9.95. The topological polar surface area (TPSA) is 42.2 Å². The molecule has 2 aromatic carbocycles. The van der Waals surface area contributed by atoms with E-state index in [2.05, 4.69) is 0 Å². The van der Waals surface area contributed by atoms with Crippen molar-refractivity contribution in [3.8, 4) is 0 Å². The van der Waals surface area contributed by atoms with E-state index in [9.17, 15) is 27.5 Å². The Labute approximate surface area is 158 Å². The number of aromatic carboxylic acids is 1. The average Bonchev–Trinajstić information content (AvgIpc) is 2.96. The first-order valence-corrected chi connectivity index (χ1v) is 9.00. The maximum atomic E-state index is 14.4. The molecule has 0 atom stereocenters. The third-order valence-electron chi connectivity index (χ3n) is 5.37. The van der Waals surface area contributed by atoms with Gasteiger partial charge in [0.15, 0.2) is 0 Å². The lowest BCUT2D eigenvalue weighted by Gasteiger charge is -2.19. The molecular formula is C21H17F4NO2. The van der Waals surface area contributed by atoms with E-state index in [0.717, 1.165) is 54.1 Å². The van der Waals surface area contributed by atoms with Crippen molar-refractivity contribution >= 4 is 16.9 Å². The number of hydrogen-bond acceptors (Lipinski definition) is 1. The highest BCUT2D eigenvalue weighted by molar-refractivity contribution is 6.04. The van der Waals surface area contributed by atoms with Gasteiger partial charge >= 0.3 is 12.1 Å². The van der Waals surface area contributed by atoms with E-state index in [4.69, 9.17) is 0 Å². The molecule has 4 rings (SSSR count). The molecular weight excluding hydrogens is 374 g/mol. The Hall–Kier alpha value is -2.83. The standard InChI is InChI=1S/C21H17F4NO2/c22-17-9-4-8-16(21(23,24)25)15(17)11-26-18-10-2-1-5-12(18)13-6-3-7-14(19(13)26)20(27)28/h3-4,6-9H,1-2,5,10-11H2,(H,27,28). The zero-order valence-electron chi connectivity index (χ0n) is 14.8. The number of halogens is 4. The number of alkyl halides is 3. The fourth-order valence-corrected chi connectivity index (χ4v) is 4.18. The molecule has 0 fully saturated rings. The molecule has 0 amide bonds. The summed E-state index contributed by atoms with van der Waals surface area (Å²) in [7, 11) is 0. The molecule has 0 aliphatic heterocycles. The molecule has 7 heteroatoms. The monoisotopic (exact) mass is 391 g/mol. The van der Waals surface area contributed by atoms with Gasteiger partial charge in [0.2, 0.25) is 0 Å². The number of carboxylic acid groups (broad SMARTS) is 1. The van der Waals surface area contributed by atoms with E-state index >= 15 is 0 Å². The summed E-state index contributed by atoms with van der Waals surface area (Å²) < 4.78 is 56.3. The van der Waals surface area contributed by atoms with Gasteiger partial charge in [0, 0.05) is 16.6 Å². The van der Waals surface area contributed by atoms with Gasteiger partial charge in [-0.1, -0.05) is 18.2 Å². The maximum absolute atomic E-state index is 14.4. The number of nitrogens with zero attached hydrogens (tertiary/aromatic N) is 1. The Morgan fingerprint density at radius 2 is 1.79 bits per heavy atom. The number of carboxylic acids is 1. The number of fused-ring (bicyclic) bond motifs is 3. The van der Waals surface area contributed by atoms with Crippen LogP contribution in [0.25, 0.3) is 10.9 Å². The molecule has 0 bridgehead atoms. The SMILES string of the molecule is O=C(O)c1cccc2c3c(n(Cc4c(F)cccc4C(F)(F)F)c12)CCCC3. The quantitative estimate of drug-likeness (QED) is 0.606. The second kappa shape index (κ2) is 6.65. The van der Waals surface area contributed by atoms with Crippen LogP contribution in [0.1, 0.15) is 45.6 Å². The van der Waals surface area contributed by atoms with E-state index in [1.807, 2.05) is 0 Å². The molecule has 0 radical (unpaired) electrons. The van der Waals surface area contributed by atoms with Crippen molar-refractivity contribution in [2.24, 2.45) is 0 Å². The van der Waals surface area contributed by atoms with Crippen LogP contribution in [0.2, 0.25) is 0 Å². The van der Waals surface area contributed by atoms with Crippen LogP contribution in [-0.2, 0) is 25.6 Å². The Morgan fingerprint density at radius 3 is 2.50 bits per heavy atom. The van der Waals surface area contributed by atoms with Gasteiger partial charge in [0.25, 0.3) is 0 Å². The number of rotatable bonds is 3. The minimum atomic E-state index is -4.70. The normalized spacial score (nSPS) is 14.3. The number of carbonyl (C=O) groups is 1. The molecule has 0 spiro atoms. The largest absolute Gasteiger partial charge is 0.478 e. The van der Waals surface area contributed by atoms with Crippen molar-refractivity contribution in [1.29, 1.82) is 0 Å². The van der Waals surface area contributed by atoms with Gasteiger partial charge in [-0.2, -0.15) is 13.2 Å². The van der Waals surface area contributed by atoms with Crippen molar-refractivity contribution < 1.29 is 27.5 Å². The number of benzene rings is 2. The first-order chi connectivity index (χ1) is 13.3. The van der Waals surface area contributed by atoms with Crippen molar-refractivity contribution in [2.45, 2.75) is 38.4 Å². The lowest BCUT2D eigenvalue weighted by Crippen LogP contribution is -2.16. The second-order valence-electron chi connectivity index (χ2n) is 6.99. The van der Waals surface area contributed by atoms with E-state index in [-0.39, 0.29) is 12.1 Å². The van der Waals surface area contributed by atoms with Crippen LogP contribution in [0.15, 0.2) is 36.4 Å². The molecule has 1 N–H and O–H groups in total. The summed E-state index contributed by atoms with van der Waals surface area (Å²) in [5, 5.41) is 10.3. The Balaban J connectivity index is 2.00. The van der Waals surface area contributed by atoms with Crippen LogP contribution in [0, 0.1) is 5.82 Å². The Kier molecular flexibility index (Phi) is 4.40. The number of hydrogen-bond donors (Lipinski definition) is 1. The highest BCUT2D eigenvalue weighted by Crippen LogP contribution is 2.37. The van der Waals surface area contributed by atoms with Gasteiger partial charge in [-0.15, -0.1) is 0 Å². The molecule has 3 aromatic rings. The first kappa shape index (κ1) is 18.5. The highest BCUT2D eigenvalue weighted by atomic mass is 19.4. The van der Waals surface area contributed by atoms with Crippen LogP contribution in [0.4, 0.5) is 17.6 Å². The summed E-state index contributed by atoms with van der Waals surface area (Å²) in [6.45, 7) is -0.363. The van der Waals surface area contributed by atoms with E-state index < -0.39 is 29.1 Å². The smallest absolute Gasteiger partial charge is 0.416 e. The fraction of sp³-hybridized carbons (Fsp3) is 0.286. The highest BCUT2D eigenvalue weighted by Gasteiger charge is 2.35. The van der Waals surface area contributed by atoms with E-state index in [1.165, 1.54) is 6.07 Å². The fourth-order valence-electron chi connectivity index (χ4n) is 4.18. The predicted molar refractivity (Wildman–Crippen MR) is 96.0 cm³/mol. The van der Waals surface area contributed by atoms with Crippen LogP contribution < -0.4 is 0 Å². The zero-order chi connectivity index (χ0) is 20.1. The van der Waals surface area contributed by atoms with Gasteiger partial charge in [0.1, 0.15) is 5.82 Å². The van der Waals surface area contributed by atoms with Crippen molar-refractivity contribution in [3.63, 3.8) is 0 Å². The first-order valence-electron chi connectivity index (χ1n) is 9.00. The van der Waals surface area contributed by atoms with Crippen LogP contribution in [0.3, 0.4) is 0 Å². The molecule has 1 aliphatic rings. The Bertz CT molecular complexity index is 1080. The minimum absolute atomic E-state index is 0.0109. The molecule has 1 aliphatic carbocycles. The van der Waals surface area contributed by atoms with Crippen LogP contribution in [0.5, 0.6) is 0 Å². The van der Waals surface area contributed by atoms with Gasteiger partial charge in [-0.25, -0.2) is 9.18 Å². The number of aromatic nitrogens is 1. The van der Waals surface area contributed by atoms with Crippen molar-refractivity contribution in [1.82, 2.24) is 4.57 Å². The molecule has 0 unspecified atom stereocenters. The lowest BCUT2D eigenvalue weighted by molar-refractivity contribution is -0.138. The summed E-state index contributed by atoms with van der Waals surface area (Å²) in [5.41, 5.74) is 0.614. The molecule has 0 saturated carbocycles. The van der Waals surface area contributed by atoms with Crippen LogP contribution in [-0.4, -0.2) is 15.6 Å². The van der Waals surface area contributed by atoms with Crippen molar-refractivity contribution in [3.05, 3.63) is 70.2 Å². The minimum Gasteiger partial charge on any atom is -0.478 e. The third-order valence-corrected chi connectivity index (χ3v) is 5.37. The summed E-state index contributed by atoms with van der Waals surface area (Å²) in [6, 6.07) is 7.74. The van der Waals surface area contributed by atoms with Gasteiger partial charge < -0.3 is 9.67 Å². The molecule has 28 heavy (non-hydrogen) atoms. The Morgan fingerprint density at radius 1 is 1.07 bits per heavy atom. The molecule has 1 aromatic heterocycles. The predicted octanol–water partition coefficient (Wildman–Crippen LogP) is 5.42. The molecule has 3 nitrogen and oxygen atoms in total. The number of aryl methyl sites for hydroxylation is 1. The van der Waals surface area contributed by atoms with E-state index in [0.29, 0.717) is 11.9 Å².